The van der Waals surface area contributed by atoms with Gasteiger partial charge in [-0.2, -0.15) is 0 Å². The van der Waals surface area contributed by atoms with E-state index in [-0.39, 0.29) is 5.69 Å². The molecule has 2 aromatic rings. The maximum absolute atomic E-state index is 10.6. The van der Waals surface area contributed by atoms with E-state index in [1.165, 1.54) is 12.1 Å². The molecule has 1 aliphatic heterocycles. The van der Waals surface area contributed by atoms with E-state index in [4.69, 9.17) is 9.15 Å². The number of nitrogens with zero attached hydrogens (tertiary/aromatic N) is 3. The smallest absolute Gasteiger partial charge is 0.269 e. The highest BCUT2D eigenvalue weighted by Gasteiger charge is 2.18. The second kappa shape index (κ2) is 6.93. The number of non-ortho nitro benzene ring substituents is 1. The average Bonchev–Trinajstić information content (AvgIpc) is 2.95. The van der Waals surface area contributed by atoms with Crippen molar-refractivity contribution in [3.63, 3.8) is 0 Å². The lowest BCUT2D eigenvalue weighted by atomic mass is 10.3. The van der Waals surface area contributed by atoms with Gasteiger partial charge in [0.1, 0.15) is 5.76 Å². The van der Waals surface area contributed by atoms with E-state index in [0.717, 1.165) is 23.4 Å². The topological polar surface area (TPSA) is 81.1 Å². The highest BCUT2D eigenvalue weighted by atomic mass is 79.9. The number of morpholine rings is 1. The molecule has 0 spiro atoms. The Morgan fingerprint density at radius 1 is 1.26 bits per heavy atom. The Morgan fingerprint density at radius 3 is 2.61 bits per heavy atom. The van der Waals surface area contributed by atoms with E-state index in [0.29, 0.717) is 24.7 Å². The number of ether oxygens (including phenoxy) is 1. The molecule has 0 aliphatic carbocycles. The second-order valence-electron chi connectivity index (χ2n) is 4.93. The summed E-state index contributed by atoms with van der Waals surface area (Å²) in [5.74, 6) is 1.37. The molecule has 0 radical (unpaired) electrons. The van der Waals surface area contributed by atoms with Crippen molar-refractivity contribution in [2.24, 2.45) is 4.99 Å². The van der Waals surface area contributed by atoms with Crippen molar-refractivity contribution < 1.29 is 14.1 Å². The van der Waals surface area contributed by atoms with E-state index >= 15 is 0 Å². The van der Waals surface area contributed by atoms with Gasteiger partial charge in [-0.25, -0.2) is 0 Å². The summed E-state index contributed by atoms with van der Waals surface area (Å²) in [6.07, 6.45) is 1.59. The lowest BCUT2D eigenvalue weighted by molar-refractivity contribution is -0.384. The van der Waals surface area contributed by atoms with Gasteiger partial charge in [0.25, 0.3) is 5.69 Å². The minimum Gasteiger partial charge on any atom is -0.438 e. The van der Waals surface area contributed by atoms with Crippen molar-refractivity contribution in [2.45, 2.75) is 0 Å². The molecule has 1 aromatic heterocycles. The number of aliphatic imine (C=N–C) groups is 1. The van der Waals surface area contributed by atoms with Gasteiger partial charge in [-0.3, -0.25) is 15.1 Å². The van der Waals surface area contributed by atoms with Crippen LogP contribution in [0.4, 0.5) is 17.3 Å². The molecule has 3 rings (SSSR count). The van der Waals surface area contributed by atoms with Crippen LogP contribution in [-0.2, 0) is 4.74 Å². The molecule has 23 heavy (non-hydrogen) atoms. The zero-order chi connectivity index (χ0) is 16.2. The molecule has 1 fully saturated rings. The lowest BCUT2D eigenvalue weighted by Gasteiger charge is -2.26. The van der Waals surface area contributed by atoms with Gasteiger partial charge in [-0.15, -0.1) is 0 Å². The first kappa shape index (κ1) is 15.7. The summed E-state index contributed by atoms with van der Waals surface area (Å²) in [5, 5.41) is 10.6. The zero-order valence-corrected chi connectivity index (χ0v) is 13.7. The fourth-order valence-corrected chi connectivity index (χ4v) is 2.78. The van der Waals surface area contributed by atoms with Crippen LogP contribution in [0.25, 0.3) is 0 Å². The number of anilines is 1. The number of furan rings is 1. The first-order valence-electron chi connectivity index (χ1n) is 7.04. The van der Waals surface area contributed by atoms with Crippen molar-refractivity contribution in [1.29, 1.82) is 0 Å². The van der Waals surface area contributed by atoms with Crippen LogP contribution in [0.3, 0.4) is 0 Å². The van der Waals surface area contributed by atoms with Gasteiger partial charge in [-0.05, 0) is 28.1 Å². The standard InChI is InChI=1S/C15H14BrN3O4/c16-14-9-13(23-15(14)18-5-7-22-8-6-18)10-17-11-1-3-12(4-2-11)19(20)21/h1-4,9-10H,5-8H2. The Bertz CT molecular complexity index is 721. The maximum atomic E-state index is 10.6. The highest BCUT2D eigenvalue weighted by molar-refractivity contribution is 9.10. The van der Waals surface area contributed by atoms with E-state index in [9.17, 15) is 10.1 Å². The van der Waals surface area contributed by atoms with Crippen LogP contribution in [0.2, 0.25) is 0 Å². The van der Waals surface area contributed by atoms with Crippen LogP contribution in [0, 0.1) is 10.1 Å². The number of halogens is 1. The molecule has 8 heteroatoms. The minimum absolute atomic E-state index is 0.0410. The van der Waals surface area contributed by atoms with Crippen molar-refractivity contribution in [2.75, 3.05) is 31.2 Å². The summed E-state index contributed by atoms with van der Waals surface area (Å²) >= 11 is 3.49. The highest BCUT2D eigenvalue weighted by Crippen LogP contribution is 2.30. The number of nitro groups is 1. The summed E-state index contributed by atoms with van der Waals surface area (Å²) in [6.45, 7) is 2.93. The Morgan fingerprint density at radius 2 is 1.96 bits per heavy atom. The molecule has 0 bridgehead atoms. The van der Waals surface area contributed by atoms with Gasteiger partial charge < -0.3 is 14.1 Å². The minimum atomic E-state index is -0.439. The molecule has 1 aromatic carbocycles. The normalized spacial score (nSPS) is 15.3. The van der Waals surface area contributed by atoms with Crippen LogP contribution in [-0.4, -0.2) is 37.4 Å². The van der Waals surface area contributed by atoms with Crippen LogP contribution in [0.5, 0.6) is 0 Å². The molecule has 0 atom stereocenters. The van der Waals surface area contributed by atoms with E-state index < -0.39 is 4.92 Å². The largest absolute Gasteiger partial charge is 0.438 e. The van der Waals surface area contributed by atoms with Gasteiger partial charge in [0.05, 0.1) is 34.5 Å². The zero-order valence-electron chi connectivity index (χ0n) is 12.1. The van der Waals surface area contributed by atoms with Crippen molar-refractivity contribution in [3.05, 3.63) is 50.7 Å². The third kappa shape index (κ3) is 3.77. The first-order valence-corrected chi connectivity index (χ1v) is 7.83. The Hall–Kier alpha value is -2.19. The van der Waals surface area contributed by atoms with Crippen LogP contribution in [0.1, 0.15) is 5.76 Å². The lowest BCUT2D eigenvalue weighted by Crippen LogP contribution is -2.36. The third-order valence-electron chi connectivity index (χ3n) is 3.39. The molecule has 120 valence electrons. The quantitative estimate of drug-likeness (QED) is 0.461. The molecule has 1 saturated heterocycles. The van der Waals surface area contributed by atoms with Crippen molar-refractivity contribution >= 4 is 39.4 Å². The van der Waals surface area contributed by atoms with Gasteiger partial charge in [-0.1, -0.05) is 0 Å². The fourth-order valence-electron chi connectivity index (χ4n) is 2.22. The second-order valence-corrected chi connectivity index (χ2v) is 5.79. The third-order valence-corrected chi connectivity index (χ3v) is 3.96. The summed E-state index contributed by atoms with van der Waals surface area (Å²) in [4.78, 5) is 16.6. The monoisotopic (exact) mass is 379 g/mol. The molecular weight excluding hydrogens is 366 g/mol. The van der Waals surface area contributed by atoms with Crippen LogP contribution >= 0.6 is 15.9 Å². The summed E-state index contributed by atoms with van der Waals surface area (Å²) < 4.78 is 12.0. The number of nitro benzene ring substituents is 1. The summed E-state index contributed by atoms with van der Waals surface area (Å²) in [7, 11) is 0. The molecule has 7 nitrogen and oxygen atoms in total. The van der Waals surface area contributed by atoms with Crippen LogP contribution in [0.15, 0.2) is 44.2 Å². The van der Waals surface area contributed by atoms with E-state index in [1.54, 1.807) is 18.3 Å². The maximum Gasteiger partial charge on any atom is 0.269 e. The average molecular weight is 380 g/mol. The van der Waals surface area contributed by atoms with Gasteiger partial charge in [0.2, 0.25) is 5.88 Å². The SMILES string of the molecule is O=[N+]([O-])c1ccc(N=Cc2cc(Br)c(N3CCOCC3)o2)cc1. The molecule has 0 N–H and O–H groups in total. The Kier molecular flexibility index (Phi) is 4.73. The first-order chi connectivity index (χ1) is 11.1. The van der Waals surface area contributed by atoms with Gasteiger partial charge >= 0.3 is 0 Å². The van der Waals surface area contributed by atoms with Crippen molar-refractivity contribution in [1.82, 2.24) is 0 Å². The fraction of sp³-hybridized carbons (Fsp3) is 0.267. The summed E-state index contributed by atoms with van der Waals surface area (Å²) in [6, 6.07) is 7.87. The number of hydrogen-bond acceptors (Lipinski definition) is 6. The van der Waals surface area contributed by atoms with Crippen LogP contribution < -0.4 is 4.90 Å². The predicted octanol–water partition coefficient (Wildman–Crippen LogP) is 3.54. The number of hydrogen-bond donors (Lipinski definition) is 0. The molecule has 0 saturated carbocycles. The molecule has 0 unspecified atom stereocenters. The van der Waals surface area contributed by atoms with E-state index in [1.807, 2.05) is 6.07 Å². The number of benzene rings is 1. The predicted molar refractivity (Wildman–Crippen MR) is 89.8 cm³/mol. The number of rotatable bonds is 4. The van der Waals surface area contributed by atoms with Gasteiger partial charge in [0.15, 0.2) is 0 Å². The Labute approximate surface area is 140 Å². The Balaban J connectivity index is 1.73. The molecule has 1 aliphatic rings. The van der Waals surface area contributed by atoms with Crippen molar-refractivity contribution in [3.8, 4) is 0 Å². The molecule has 0 amide bonds. The molecular formula is C15H14BrN3O4. The summed E-state index contributed by atoms with van der Waals surface area (Å²) in [5.41, 5.74) is 0.662. The molecule has 2 heterocycles. The van der Waals surface area contributed by atoms with E-state index in [2.05, 4.69) is 25.8 Å². The van der Waals surface area contributed by atoms with Gasteiger partial charge in [0, 0.05) is 31.3 Å².